The lowest BCUT2D eigenvalue weighted by molar-refractivity contribution is 0.103. The van der Waals surface area contributed by atoms with Gasteiger partial charge in [0.15, 0.2) is 0 Å². The first kappa shape index (κ1) is 20.6. The number of ketones is 1. The average molecular weight is 416 g/mol. The van der Waals surface area contributed by atoms with E-state index in [0.29, 0.717) is 28.3 Å². The van der Waals surface area contributed by atoms with Gasteiger partial charge in [-0.2, -0.15) is 0 Å². The van der Waals surface area contributed by atoms with Crippen LogP contribution in [0.2, 0.25) is 0 Å². The van der Waals surface area contributed by atoms with Gasteiger partial charge in [0.25, 0.3) is 0 Å². The van der Waals surface area contributed by atoms with Gasteiger partial charge in [-0.25, -0.2) is 12.8 Å². The van der Waals surface area contributed by atoms with Crippen molar-refractivity contribution in [3.63, 3.8) is 0 Å². The Labute approximate surface area is 168 Å². The first-order chi connectivity index (χ1) is 13.7. The summed E-state index contributed by atoms with van der Waals surface area (Å²) in [6.45, 7) is 1.80. The molecule has 0 aliphatic rings. The molecule has 1 atom stereocenters. The van der Waals surface area contributed by atoms with Crippen molar-refractivity contribution in [2.45, 2.75) is 12.8 Å². The third kappa shape index (κ3) is 4.83. The summed E-state index contributed by atoms with van der Waals surface area (Å²) in [5.74, 6) is -0.422. The van der Waals surface area contributed by atoms with E-state index in [9.17, 15) is 17.6 Å². The molecule has 0 amide bonds. The number of halogens is 1. The van der Waals surface area contributed by atoms with E-state index in [1.165, 1.54) is 12.1 Å². The molecule has 0 bridgehead atoms. The van der Waals surface area contributed by atoms with Crippen LogP contribution < -0.4 is 9.46 Å². The number of carbonyl (C=O) groups is 1. The Bertz CT molecular complexity index is 1140. The monoisotopic (exact) mass is 416 g/mol. The lowest BCUT2D eigenvalue weighted by Gasteiger charge is -2.13. The minimum atomic E-state index is -3.48. The van der Waals surface area contributed by atoms with E-state index in [-0.39, 0.29) is 17.4 Å². The Hall–Kier alpha value is -3.13. The number of carbonyl (C=O) groups excluding carboxylic acids is 1. The topological polar surface area (TPSA) is 88.3 Å². The zero-order valence-electron chi connectivity index (χ0n) is 16.2. The van der Waals surface area contributed by atoms with Crippen LogP contribution in [0.15, 0.2) is 54.6 Å². The van der Waals surface area contributed by atoms with Crippen LogP contribution in [0.5, 0.6) is 5.75 Å². The van der Waals surface area contributed by atoms with Gasteiger partial charge in [0.1, 0.15) is 11.6 Å². The fourth-order valence-corrected chi connectivity index (χ4v) is 3.57. The summed E-state index contributed by atoms with van der Waals surface area (Å²) in [5.41, 5.74) is 2.11. The van der Waals surface area contributed by atoms with Gasteiger partial charge in [-0.15, -0.1) is 0 Å². The lowest BCUT2D eigenvalue weighted by atomic mass is 9.97. The predicted octanol–water partition coefficient (Wildman–Crippen LogP) is 3.92. The molecule has 2 N–H and O–H groups in total. The zero-order valence-corrected chi connectivity index (χ0v) is 17.0. The molecular formula is C21H21FN2O4S. The van der Waals surface area contributed by atoms with Crippen LogP contribution in [0.25, 0.3) is 0 Å². The van der Waals surface area contributed by atoms with Crippen molar-refractivity contribution in [3.8, 4) is 5.75 Å². The van der Waals surface area contributed by atoms with E-state index in [0.717, 1.165) is 12.3 Å². The molecule has 8 heteroatoms. The summed E-state index contributed by atoms with van der Waals surface area (Å²) >= 11 is 0. The van der Waals surface area contributed by atoms with E-state index in [4.69, 9.17) is 4.74 Å². The van der Waals surface area contributed by atoms with Crippen molar-refractivity contribution in [2.75, 3.05) is 18.1 Å². The fourth-order valence-electron chi connectivity index (χ4n) is 3.02. The van der Waals surface area contributed by atoms with E-state index in [1.807, 2.05) is 0 Å². The molecule has 29 heavy (non-hydrogen) atoms. The minimum absolute atomic E-state index is 0.155. The lowest BCUT2D eigenvalue weighted by Crippen LogP contribution is -2.10. The number of benzene rings is 2. The number of anilines is 1. The summed E-state index contributed by atoms with van der Waals surface area (Å²) in [4.78, 5) is 15.7. The van der Waals surface area contributed by atoms with Crippen LogP contribution in [0.4, 0.5) is 10.1 Å². The molecule has 0 aliphatic carbocycles. The molecule has 6 nitrogen and oxygen atoms in total. The molecule has 3 rings (SSSR count). The Morgan fingerprint density at radius 2 is 1.79 bits per heavy atom. The maximum Gasteiger partial charge on any atom is 0.229 e. The molecule has 0 radical (unpaired) electrons. The second kappa shape index (κ2) is 8.08. The Morgan fingerprint density at radius 1 is 1.10 bits per heavy atom. The molecule has 3 aromatic rings. The number of aromatic amines is 1. The predicted molar refractivity (Wildman–Crippen MR) is 110 cm³/mol. The van der Waals surface area contributed by atoms with Gasteiger partial charge in [0.05, 0.1) is 24.7 Å². The molecular weight excluding hydrogens is 395 g/mol. The largest absolute Gasteiger partial charge is 0.497 e. The quantitative estimate of drug-likeness (QED) is 0.572. The summed E-state index contributed by atoms with van der Waals surface area (Å²) in [6.07, 6.45) is 1.00. The smallest absolute Gasteiger partial charge is 0.229 e. The van der Waals surface area contributed by atoms with Gasteiger partial charge >= 0.3 is 0 Å². The van der Waals surface area contributed by atoms with Gasteiger partial charge in [-0.3, -0.25) is 9.52 Å². The first-order valence-electron chi connectivity index (χ1n) is 8.83. The molecule has 2 aromatic carbocycles. The molecule has 0 saturated heterocycles. The highest BCUT2D eigenvalue weighted by molar-refractivity contribution is 7.92. The van der Waals surface area contributed by atoms with Crippen LogP contribution in [0, 0.1) is 5.82 Å². The third-order valence-corrected chi connectivity index (χ3v) is 5.15. The average Bonchev–Trinajstić information content (AvgIpc) is 3.16. The number of aromatic nitrogens is 1. The minimum Gasteiger partial charge on any atom is -0.497 e. The highest BCUT2D eigenvalue weighted by Crippen LogP contribution is 2.28. The van der Waals surface area contributed by atoms with Gasteiger partial charge in [0.2, 0.25) is 15.8 Å². The van der Waals surface area contributed by atoms with Gasteiger partial charge in [-0.1, -0.05) is 13.0 Å². The SMILES string of the molecule is COc1ccc(C(=O)c2ccc(C(C)c3ccc(NS(C)(=O)=O)cc3F)[nH]2)cc1. The van der Waals surface area contributed by atoms with Crippen LogP contribution in [0.3, 0.4) is 0 Å². The number of H-pyrrole nitrogens is 1. The third-order valence-electron chi connectivity index (χ3n) is 4.54. The first-order valence-corrected chi connectivity index (χ1v) is 10.7. The van der Waals surface area contributed by atoms with Crippen molar-refractivity contribution >= 4 is 21.5 Å². The molecule has 1 aromatic heterocycles. The molecule has 152 valence electrons. The van der Waals surface area contributed by atoms with Crippen molar-refractivity contribution in [1.29, 1.82) is 0 Å². The normalized spacial score (nSPS) is 12.4. The zero-order chi connectivity index (χ0) is 21.2. The van der Waals surface area contributed by atoms with E-state index in [1.54, 1.807) is 50.4 Å². The molecule has 0 saturated carbocycles. The van der Waals surface area contributed by atoms with E-state index in [2.05, 4.69) is 9.71 Å². The van der Waals surface area contributed by atoms with Crippen LogP contribution in [-0.2, 0) is 10.0 Å². The Kier molecular flexibility index (Phi) is 5.74. The highest BCUT2D eigenvalue weighted by Gasteiger charge is 2.18. The van der Waals surface area contributed by atoms with E-state index < -0.39 is 15.8 Å². The van der Waals surface area contributed by atoms with Crippen LogP contribution in [0.1, 0.15) is 40.2 Å². The second-order valence-electron chi connectivity index (χ2n) is 6.72. The molecule has 0 fully saturated rings. The molecule has 0 spiro atoms. The number of methoxy groups -OCH3 is 1. The Morgan fingerprint density at radius 3 is 2.38 bits per heavy atom. The number of rotatable bonds is 7. The van der Waals surface area contributed by atoms with Crippen molar-refractivity contribution in [1.82, 2.24) is 4.98 Å². The number of hydrogen-bond acceptors (Lipinski definition) is 4. The number of nitrogens with one attached hydrogen (secondary N) is 2. The summed E-state index contributed by atoms with van der Waals surface area (Å²) < 4.78 is 44.5. The van der Waals surface area contributed by atoms with Crippen LogP contribution in [-0.4, -0.2) is 32.6 Å². The summed E-state index contributed by atoms with van der Waals surface area (Å²) in [6, 6.07) is 14.3. The standard InChI is InChI=1S/C21H21FN2O4S/c1-13(17-9-6-15(12-18(17)22)24-29(3,26)27)19-10-11-20(23-19)21(25)14-4-7-16(28-2)8-5-14/h4-13,23-24H,1-3H3. The summed E-state index contributed by atoms with van der Waals surface area (Å²) in [5, 5.41) is 0. The number of sulfonamides is 1. The number of ether oxygens (including phenoxy) is 1. The maximum absolute atomic E-state index is 14.5. The van der Waals surface area contributed by atoms with Gasteiger partial charge in [-0.05, 0) is 54.1 Å². The Balaban J connectivity index is 1.81. The second-order valence-corrected chi connectivity index (χ2v) is 8.47. The maximum atomic E-state index is 14.5. The van der Waals surface area contributed by atoms with Gasteiger partial charge in [0, 0.05) is 17.2 Å². The van der Waals surface area contributed by atoms with Gasteiger partial charge < -0.3 is 9.72 Å². The van der Waals surface area contributed by atoms with Crippen molar-refractivity contribution < 1.29 is 22.3 Å². The van der Waals surface area contributed by atoms with Crippen molar-refractivity contribution in [2.24, 2.45) is 0 Å². The van der Waals surface area contributed by atoms with E-state index >= 15 is 0 Å². The van der Waals surface area contributed by atoms with Crippen molar-refractivity contribution in [3.05, 3.63) is 82.9 Å². The molecule has 0 aliphatic heterocycles. The molecule has 1 unspecified atom stereocenters. The fraction of sp³-hybridized carbons (Fsp3) is 0.190. The highest BCUT2D eigenvalue weighted by atomic mass is 32.2. The summed E-state index contributed by atoms with van der Waals surface area (Å²) in [7, 11) is -1.93. The van der Waals surface area contributed by atoms with Crippen LogP contribution >= 0.6 is 0 Å². The molecule has 1 heterocycles. The number of hydrogen-bond donors (Lipinski definition) is 2.